The van der Waals surface area contributed by atoms with Gasteiger partial charge in [-0.2, -0.15) is 0 Å². The lowest BCUT2D eigenvalue weighted by Crippen LogP contribution is -2.27. The maximum absolute atomic E-state index is 11.9. The second-order valence-corrected chi connectivity index (χ2v) is 6.98. The third kappa shape index (κ3) is 4.14. The molecule has 1 N–H and O–H groups in total. The Bertz CT molecular complexity index is 844. The zero-order chi connectivity index (χ0) is 16.9. The summed E-state index contributed by atoms with van der Waals surface area (Å²) in [5.41, 5.74) is 3.21. The molecule has 1 aromatic carbocycles. The molecule has 0 aliphatic heterocycles. The van der Waals surface area contributed by atoms with E-state index in [0.29, 0.717) is 29.8 Å². The Labute approximate surface area is 147 Å². The maximum Gasteiger partial charge on any atom is 0.270 e. The van der Waals surface area contributed by atoms with E-state index in [0.717, 1.165) is 21.7 Å². The molecule has 0 aliphatic carbocycles. The largest absolute Gasteiger partial charge is 0.431 e. The van der Waals surface area contributed by atoms with Crippen molar-refractivity contribution in [2.75, 3.05) is 20.3 Å². The van der Waals surface area contributed by atoms with Gasteiger partial charge in [-0.05, 0) is 24.6 Å². The molecule has 24 heavy (non-hydrogen) atoms. The number of aryl methyl sites for hydroxylation is 1. The number of carbonyl (C=O) groups is 1. The molecule has 2 aromatic heterocycles. The molecule has 0 saturated heterocycles. The number of rotatable bonds is 7. The van der Waals surface area contributed by atoms with Gasteiger partial charge in [-0.25, -0.2) is 9.97 Å². The molecule has 0 unspecified atom stereocenters. The van der Waals surface area contributed by atoms with Gasteiger partial charge in [0.15, 0.2) is 5.58 Å². The van der Waals surface area contributed by atoms with Crippen LogP contribution in [0.15, 0.2) is 33.2 Å². The molecule has 8 heteroatoms. The Morgan fingerprint density at radius 1 is 1.42 bits per heavy atom. The van der Waals surface area contributed by atoms with Crippen molar-refractivity contribution in [3.8, 4) is 0 Å². The number of methoxy groups -OCH3 is 1. The third-order valence-corrected chi connectivity index (χ3v) is 5.09. The van der Waals surface area contributed by atoms with E-state index in [-0.39, 0.29) is 5.91 Å². The highest BCUT2D eigenvalue weighted by Gasteiger charge is 2.12. The predicted octanol–water partition coefficient (Wildman–Crippen LogP) is 3.26. The van der Waals surface area contributed by atoms with Crippen molar-refractivity contribution in [1.29, 1.82) is 0 Å². The molecular formula is C16H17N3O3S2. The van der Waals surface area contributed by atoms with Crippen LogP contribution in [-0.2, 0) is 10.5 Å². The van der Waals surface area contributed by atoms with Crippen LogP contribution in [0.2, 0.25) is 0 Å². The average molecular weight is 363 g/mol. The number of thiazole rings is 1. The molecule has 1 amide bonds. The first-order chi connectivity index (χ1) is 11.7. The van der Waals surface area contributed by atoms with Crippen molar-refractivity contribution in [1.82, 2.24) is 15.3 Å². The van der Waals surface area contributed by atoms with Crippen molar-refractivity contribution in [3.63, 3.8) is 0 Å². The van der Waals surface area contributed by atoms with Crippen LogP contribution in [0, 0.1) is 6.92 Å². The van der Waals surface area contributed by atoms with Crippen molar-refractivity contribution in [3.05, 3.63) is 39.8 Å². The normalized spacial score (nSPS) is 11.1. The lowest BCUT2D eigenvalue weighted by molar-refractivity contribution is 0.0932. The number of nitrogens with zero attached hydrogens (tertiary/aromatic N) is 2. The third-order valence-electron chi connectivity index (χ3n) is 3.22. The molecule has 126 valence electrons. The summed E-state index contributed by atoms with van der Waals surface area (Å²) in [6, 6.07) is 5.92. The number of hydrogen-bond acceptors (Lipinski definition) is 7. The van der Waals surface area contributed by atoms with Crippen molar-refractivity contribution in [2.45, 2.75) is 17.9 Å². The molecule has 0 spiro atoms. The van der Waals surface area contributed by atoms with Gasteiger partial charge in [-0.15, -0.1) is 11.3 Å². The summed E-state index contributed by atoms with van der Waals surface area (Å²) in [7, 11) is 1.59. The second kappa shape index (κ2) is 7.78. The Morgan fingerprint density at radius 3 is 3.12 bits per heavy atom. The van der Waals surface area contributed by atoms with Gasteiger partial charge in [0.2, 0.25) is 0 Å². The van der Waals surface area contributed by atoms with Gasteiger partial charge < -0.3 is 14.5 Å². The molecule has 0 aliphatic rings. The van der Waals surface area contributed by atoms with Gasteiger partial charge in [-0.3, -0.25) is 4.79 Å². The molecular weight excluding hydrogens is 346 g/mol. The summed E-state index contributed by atoms with van der Waals surface area (Å²) in [6.07, 6.45) is 0. The number of oxazole rings is 1. The predicted molar refractivity (Wildman–Crippen MR) is 94.6 cm³/mol. The first kappa shape index (κ1) is 16.9. The number of fused-ring (bicyclic) bond motifs is 1. The lowest BCUT2D eigenvalue weighted by atomic mass is 10.2. The summed E-state index contributed by atoms with van der Waals surface area (Å²) in [5.74, 6) is 0.429. The van der Waals surface area contributed by atoms with Crippen LogP contribution in [0.25, 0.3) is 11.1 Å². The molecule has 0 atom stereocenters. The highest BCUT2D eigenvalue weighted by atomic mass is 32.2. The monoisotopic (exact) mass is 363 g/mol. The van der Waals surface area contributed by atoms with Crippen molar-refractivity contribution < 1.29 is 13.9 Å². The van der Waals surface area contributed by atoms with E-state index in [4.69, 9.17) is 9.15 Å². The van der Waals surface area contributed by atoms with Gasteiger partial charge in [-0.1, -0.05) is 17.8 Å². The summed E-state index contributed by atoms with van der Waals surface area (Å²) in [4.78, 5) is 20.7. The molecule has 3 rings (SSSR count). The van der Waals surface area contributed by atoms with E-state index in [1.165, 1.54) is 23.1 Å². The number of thioether (sulfide) groups is 1. The SMILES string of the molecule is COCCNC(=O)c1csc(CSc2nc3cc(C)ccc3o2)n1. The van der Waals surface area contributed by atoms with Crippen LogP contribution in [-0.4, -0.2) is 36.1 Å². The minimum atomic E-state index is -0.183. The first-order valence-corrected chi connectivity index (χ1v) is 9.24. The van der Waals surface area contributed by atoms with Crippen molar-refractivity contribution >= 4 is 40.1 Å². The highest BCUT2D eigenvalue weighted by Crippen LogP contribution is 2.27. The van der Waals surface area contributed by atoms with E-state index in [9.17, 15) is 4.79 Å². The van der Waals surface area contributed by atoms with Crippen LogP contribution < -0.4 is 5.32 Å². The fraction of sp³-hybridized carbons (Fsp3) is 0.312. The minimum Gasteiger partial charge on any atom is -0.431 e. The summed E-state index contributed by atoms with van der Waals surface area (Å²) >= 11 is 2.92. The Morgan fingerprint density at radius 2 is 2.29 bits per heavy atom. The lowest BCUT2D eigenvalue weighted by Gasteiger charge is -2.00. The van der Waals surface area contributed by atoms with Gasteiger partial charge in [0, 0.05) is 19.0 Å². The molecule has 0 fully saturated rings. The molecule has 2 heterocycles. The van der Waals surface area contributed by atoms with Crippen LogP contribution >= 0.6 is 23.1 Å². The van der Waals surface area contributed by atoms with Gasteiger partial charge in [0.1, 0.15) is 16.2 Å². The first-order valence-electron chi connectivity index (χ1n) is 7.37. The zero-order valence-corrected chi connectivity index (χ0v) is 15.0. The Hall–Kier alpha value is -1.90. The number of nitrogens with one attached hydrogen (secondary N) is 1. The molecule has 0 bridgehead atoms. The van der Waals surface area contributed by atoms with Gasteiger partial charge in [0.25, 0.3) is 11.1 Å². The summed E-state index contributed by atoms with van der Waals surface area (Å²) in [5, 5.41) is 5.97. The van der Waals surface area contributed by atoms with E-state index >= 15 is 0 Å². The van der Waals surface area contributed by atoms with Gasteiger partial charge >= 0.3 is 0 Å². The number of aromatic nitrogens is 2. The standard InChI is InChI=1S/C16H17N3O3S2/c1-10-3-4-13-11(7-10)19-16(22-13)24-9-14-18-12(8-23-14)15(20)17-5-6-21-2/h3-4,7-8H,5-6,9H2,1-2H3,(H,17,20). The Balaban J connectivity index is 1.59. The number of amides is 1. The molecule has 0 saturated carbocycles. The van der Waals surface area contributed by atoms with Crippen LogP contribution in [0.4, 0.5) is 0 Å². The summed E-state index contributed by atoms with van der Waals surface area (Å²) < 4.78 is 10.6. The molecule has 0 radical (unpaired) electrons. The quantitative estimate of drug-likeness (QED) is 0.513. The zero-order valence-electron chi connectivity index (χ0n) is 13.4. The highest BCUT2D eigenvalue weighted by molar-refractivity contribution is 7.98. The summed E-state index contributed by atoms with van der Waals surface area (Å²) in [6.45, 7) is 2.98. The van der Waals surface area contributed by atoms with Gasteiger partial charge in [0.05, 0.1) is 12.4 Å². The number of carbonyl (C=O) groups excluding carboxylic acids is 1. The fourth-order valence-corrected chi connectivity index (χ4v) is 3.67. The van der Waals surface area contributed by atoms with E-state index in [1.807, 2.05) is 25.1 Å². The fourth-order valence-electron chi connectivity index (χ4n) is 2.04. The van der Waals surface area contributed by atoms with Crippen molar-refractivity contribution in [2.24, 2.45) is 0 Å². The van der Waals surface area contributed by atoms with E-state index in [1.54, 1.807) is 12.5 Å². The number of benzene rings is 1. The number of ether oxygens (including phenoxy) is 1. The average Bonchev–Trinajstić information content (AvgIpc) is 3.19. The number of hydrogen-bond donors (Lipinski definition) is 1. The van der Waals surface area contributed by atoms with Crippen LogP contribution in [0.5, 0.6) is 0 Å². The maximum atomic E-state index is 11.9. The van der Waals surface area contributed by atoms with E-state index < -0.39 is 0 Å². The van der Waals surface area contributed by atoms with Crippen LogP contribution in [0.1, 0.15) is 21.1 Å². The van der Waals surface area contributed by atoms with E-state index in [2.05, 4.69) is 15.3 Å². The minimum absolute atomic E-state index is 0.183. The Kier molecular flexibility index (Phi) is 5.49. The second-order valence-electron chi connectivity index (χ2n) is 5.11. The molecule has 6 nitrogen and oxygen atoms in total. The smallest absolute Gasteiger partial charge is 0.270 e. The van der Waals surface area contributed by atoms with Crippen LogP contribution in [0.3, 0.4) is 0 Å². The molecule has 3 aromatic rings. The topological polar surface area (TPSA) is 77.2 Å².